The van der Waals surface area contributed by atoms with Gasteiger partial charge >= 0.3 is 12.1 Å². The molecular weight excluding hydrogens is 493 g/mol. The maximum absolute atomic E-state index is 12.9. The Kier molecular flexibility index (Phi) is 10.5. The Bertz CT molecular complexity index is 1170. The van der Waals surface area contributed by atoms with Crippen LogP contribution >= 0.6 is 0 Å². The lowest BCUT2D eigenvalue weighted by Crippen LogP contribution is -2.09. The van der Waals surface area contributed by atoms with Crippen molar-refractivity contribution >= 4 is 11.8 Å². The summed E-state index contributed by atoms with van der Waals surface area (Å²) in [6, 6.07) is 19.6. The van der Waals surface area contributed by atoms with E-state index in [0.717, 1.165) is 55.4 Å². The molecule has 3 aromatic rings. The van der Waals surface area contributed by atoms with Crippen LogP contribution in [0.4, 0.5) is 13.2 Å². The summed E-state index contributed by atoms with van der Waals surface area (Å²) >= 11 is 0. The Morgan fingerprint density at radius 3 is 1.95 bits per heavy atom. The second-order valence-electron chi connectivity index (χ2n) is 9.35. The number of carboxylic acids is 1. The zero-order chi connectivity index (χ0) is 27.5. The van der Waals surface area contributed by atoms with Crippen molar-refractivity contribution in [3.8, 4) is 16.9 Å². The zero-order valence-corrected chi connectivity index (χ0v) is 21.5. The third-order valence-corrected chi connectivity index (χ3v) is 6.40. The maximum Gasteiger partial charge on any atom is 0.416 e. The number of ether oxygens (including phenoxy) is 1. The van der Waals surface area contributed by atoms with Gasteiger partial charge in [-0.3, -0.25) is 9.59 Å². The lowest BCUT2D eigenvalue weighted by atomic mass is 9.98. The summed E-state index contributed by atoms with van der Waals surface area (Å²) in [6.45, 7) is 2.15. The average Bonchev–Trinajstić information content (AvgIpc) is 2.90. The number of carbonyl (C=O) groups is 2. The van der Waals surface area contributed by atoms with Gasteiger partial charge in [0.15, 0.2) is 5.78 Å². The molecule has 4 nitrogen and oxygen atoms in total. The fraction of sp³-hybridized carbons (Fsp3) is 0.355. The molecule has 1 atom stereocenters. The van der Waals surface area contributed by atoms with Crippen LogP contribution in [0.25, 0.3) is 11.1 Å². The van der Waals surface area contributed by atoms with Gasteiger partial charge in [-0.2, -0.15) is 13.2 Å². The average molecular weight is 527 g/mol. The Morgan fingerprint density at radius 2 is 1.39 bits per heavy atom. The molecule has 0 radical (unpaired) electrons. The van der Waals surface area contributed by atoms with Crippen LogP contribution in [0.15, 0.2) is 72.8 Å². The molecule has 0 heterocycles. The van der Waals surface area contributed by atoms with E-state index >= 15 is 0 Å². The van der Waals surface area contributed by atoms with Gasteiger partial charge < -0.3 is 9.84 Å². The summed E-state index contributed by atoms with van der Waals surface area (Å²) in [5.41, 5.74) is 2.28. The number of unbranched alkanes of at least 4 members (excludes halogenated alkanes) is 3. The Labute approximate surface area is 221 Å². The molecule has 38 heavy (non-hydrogen) atoms. The van der Waals surface area contributed by atoms with Crippen molar-refractivity contribution in [1.29, 1.82) is 0 Å². The van der Waals surface area contributed by atoms with E-state index in [2.05, 4.69) is 6.92 Å². The third kappa shape index (κ3) is 8.75. The Balaban J connectivity index is 1.70. The van der Waals surface area contributed by atoms with E-state index in [1.165, 1.54) is 12.1 Å². The predicted octanol–water partition coefficient (Wildman–Crippen LogP) is 8.90. The van der Waals surface area contributed by atoms with Gasteiger partial charge in [0.05, 0.1) is 5.56 Å². The normalized spacial score (nSPS) is 12.2. The summed E-state index contributed by atoms with van der Waals surface area (Å²) in [6.07, 6.45) is 1.00. The summed E-state index contributed by atoms with van der Waals surface area (Å²) in [5.74, 6) is -0.351. The van der Waals surface area contributed by atoms with Crippen molar-refractivity contribution in [2.24, 2.45) is 0 Å². The number of carboxylic acid groups (broad SMARTS) is 1. The molecule has 0 saturated heterocycles. The van der Waals surface area contributed by atoms with Gasteiger partial charge in [0, 0.05) is 18.4 Å². The molecule has 3 rings (SSSR count). The Hall–Kier alpha value is -3.61. The number of halogens is 3. The smallest absolute Gasteiger partial charge is 0.416 e. The number of ketones is 1. The number of alkyl halides is 3. The topological polar surface area (TPSA) is 63.6 Å². The first-order valence-electron chi connectivity index (χ1n) is 13.0. The van der Waals surface area contributed by atoms with E-state index in [0.29, 0.717) is 23.3 Å². The fourth-order valence-corrected chi connectivity index (χ4v) is 4.22. The van der Waals surface area contributed by atoms with Gasteiger partial charge in [0.25, 0.3) is 0 Å². The maximum atomic E-state index is 12.9. The van der Waals surface area contributed by atoms with Crippen LogP contribution in [-0.2, 0) is 11.0 Å². The standard InChI is InChI=1S/C31H33F3O4/c1-2-3-4-5-8-29(25-12-10-24(11-13-25)28(35)7-6-9-30(36)37)38-27-20-16-23(17-21-27)22-14-18-26(19-15-22)31(32,33)34/h10-21,29H,2-9H2,1H3,(H,36,37). The van der Waals surface area contributed by atoms with Crippen LogP contribution in [-0.4, -0.2) is 16.9 Å². The van der Waals surface area contributed by atoms with Gasteiger partial charge in [-0.1, -0.05) is 74.7 Å². The summed E-state index contributed by atoms with van der Waals surface area (Å²) < 4.78 is 44.9. The number of Topliss-reactive ketones (excluding diaryl/α,β-unsaturated/α-hetero) is 1. The van der Waals surface area contributed by atoms with Crippen molar-refractivity contribution in [1.82, 2.24) is 0 Å². The van der Waals surface area contributed by atoms with E-state index in [1.54, 1.807) is 12.1 Å². The molecule has 0 saturated carbocycles. The van der Waals surface area contributed by atoms with E-state index in [4.69, 9.17) is 9.84 Å². The van der Waals surface area contributed by atoms with Crippen molar-refractivity contribution in [3.05, 3.63) is 89.5 Å². The minimum atomic E-state index is -4.37. The van der Waals surface area contributed by atoms with Crippen LogP contribution in [0.3, 0.4) is 0 Å². The fourth-order valence-electron chi connectivity index (χ4n) is 4.22. The second kappa shape index (κ2) is 13.8. The molecule has 0 spiro atoms. The summed E-state index contributed by atoms with van der Waals surface area (Å²) in [5, 5.41) is 8.77. The predicted molar refractivity (Wildman–Crippen MR) is 141 cm³/mol. The number of aliphatic carboxylic acids is 1. The van der Waals surface area contributed by atoms with Gasteiger partial charge in [-0.05, 0) is 60.2 Å². The highest BCUT2D eigenvalue weighted by Gasteiger charge is 2.30. The van der Waals surface area contributed by atoms with E-state index < -0.39 is 17.7 Å². The van der Waals surface area contributed by atoms with Crippen molar-refractivity contribution < 1.29 is 32.6 Å². The first-order chi connectivity index (χ1) is 18.2. The van der Waals surface area contributed by atoms with Crippen LogP contribution in [0.5, 0.6) is 5.75 Å². The highest BCUT2D eigenvalue weighted by Crippen LogP contribution is 2.32. The third-order valence-electron chi connectivity index (χ3n) is 6.40. The van der Waals surface area contributed by atoms with Crippen LogP contribution in [0.2, 0.25) is 0 Å². The number of benzene rings is 3. The molecule has 0 aromatic heterocycles. The first kappa shape index (κ1) is 29.0. The monoisotopic (exact) mass is 526 g/mol. The molecule has 202 valence electrons. The molecule has 7 heteroatoms. The van der Waals surface area contributed by atoms with Crippen molar-refractivity contribution in [2.75, 3.05) is 0 Å². The molecule has 0 aliphatic carbocycles. The molecule has 0 bridgehead atoms. The molecule has 0 aliphatic rings. The number of hydrogen-bond donors (Lipinski definition) is 1. The van der Waals surface area contributed by atoms with Crippen LogP contribution in [0, 0.1) is 0 Å². The van der Waals surface area contributed by atoms with Crippen LogP contribution < -0.4 is 4.74 Å². The van der Waals surface area contributed by atoms with Gasteiger partial charge in [-0.15, -0.1) is 0 Å². The molecular formula is C31H33F3O4. The molecule has 0 aliphatic heterocycles. The number of rotatable bonds is 14. The quantitative estimate of drug-likeness (QED) is 0.168. The van der Waals surface area contributed by atoms with Crippen LogP contribution in [0.1, 0.15) is 85.9 Å². The highest BCUT2D eigenvalue weighted by molar-refractivity contribution is 5.96. The summed E-state index contributed by atoms with van der Waals surface area (Å²) in [7, 11) is 0. The van der Waals surface area contributed by atoms with E-state index in [1.807, 2.05) is 36.4 Å². The van der Waals surface area contributed by atoms with E-state index in [-0.39, 0.29) is 24.7 Å². The SMILES string of the molecule is CCCCCCC(Oc1ccc(-c2ccc(C(F)(F)F)cc2)cc1)c1ccc(C(=O)CCCC(=O)O)cc1. The molecule has 1 N–H and O–H groups in total. The second-order valence-corrected chi connectivity index (χ2v) is 9.35. The lowest BCUT2D eigenvalue weighted by Gasteiger charge is -2.20. The molecule has 0 amide bonds. The van der Waals surface area contributed by atoms with E-state index in [9.17, 15) is 22.8 Å². The largest absolute Gasteiger partial charge is 0.486 e. The van der Waals surface area contributed by atoms with Gasteiger partial charge in [0.2, 0.25) is 0 Å². The highest BCUT2D eigenvalue weighted by atomic mass is 19.4. The molecule has 3 aromatic carbocycles. The Morgan fingerprint density at radius 1 is 0.789 bits per heavy atom. The summed E-state index contributed by atoms with van der Waals surface area (Å²) in [4.78, 5) is 23.1. The zero-order valence-electron chi connectivity index (χ0n) is 21.5. The number of hydrogen-bond acceptors (Lipinski definition) is 3. The van der Waals surface area contributed by atoms with Gasteiger partial charge in [0.1, 0.15) is 11.9 Å². The first-order valence-corrected chi connectivity index (χ1v) is 13.0. The van der Waals surface area contributed by atoms with Crippen molar-refractivity contribution in [3.63, 3.8) is 0 Å². The molecule has 0 fully saturated rings. The van der Waals surface area contributed by atoms with Gasteiger partial charge in [-0.25, -0.2) is 0 Å². The lowest BCUT2D eigenvalue weighted by molar-refractivity contribution is -0.138. The molecule has 1 unspecified atom stereocenters. The minimum absolute atomic E-state index is 0.0326. The van der Waals surface area contributed by atoms with Crippen molar-refractivity contribution in [2.45, 2.75) is 70.6 Å². The minimum Gasteiger partial charge on any atom is -0.486 e. The number of carbonyl (C=O) groups excluding carboxylic acids is 1.